The van der Waals surface area contributed by atoms with Crippen LogP contribution in [0.4, 0.5) is 0 Å². The largest absolute Gasteiger partial charge is 0.489 e. The number of aryl methyl sites for hydroxylation is 3. The fourth-order valence-corrected chi connectivity index (χ4v) is 2.97. The first-order valence-corrected chi connectivity index (χ1v) is 7.97. The summed E-state index contributed by atoms with van der Waals surface area (Å²) >= 11 is 0. The molecule has 0 amide bonds. The number of fused-ring (bicyclic) bond motifs is 3. The second-order valence-electron chi connectivity index (χ2n) is 5.91. The first-order chi connectivity index (χ1) is 11.7. The van der Waals surface area contributed by atoms with Crippen molar-refractivity contribution in [1.29, 1.82) is 0 Å². The first kappa shape index (κ1) is 14.6. The maximum atomic E-state index is 12.4. The van der Waals surface area contributed by atoms with Gasteiger partial charge in [-0.1, -0.05) is 30.3 Å². The molecule has 0 saturated carbocycles. The summed E-state index contributed by atoms with van der Waals surface area (Å²) < 4.78 is 7.55. The zero-order chi connectivity index (χ0) is 16.5. The monoisotopic (exact) mass is 319 g/mol. The SMILES string of the molecule is Cc1nnc2n(c1=O)-c1ccc(OCc3ccccc3)cc1CC2. The summed E-state index contributed by atoms with van der Waals surface area (Å²) in [5.74, 6) is 1.53. The van der Waals surface area contributed by atoms with Crippen molar-refractivity contribution in [3.8, 4) is 11.4 Å². The smallest absolute Gasteiger partial charge is 0.279 e. The van der Waals surface area contributed by atoms with Gasteiger partial charge in [0.15, 0.2) is 0 Å². The van der Waals surface area contributed by atoms with Crippen LogP contribution in [-0.4, -0.2) is 14.8 Å². The quantitative estimate of drug-likeness (QED) is 0.744. The van der Waals surface area contributed by atoms with E-state index >= 15 is 0 Å². The number of nitrogens with zero attached hydrogens (tertiary/aromatic N) is 3. The van der Waals surface area contributed by atoms with Gasteiger partial charge in [-0.2, -0.15) is 0 Å². The van der Waals surface area contributed by atoms with Crippen molar-refractivity contribution < 1.29 is 4.74 Å². The van der Waals surface area contributed by atoms with Crippen LogP contribution in [0, 0.1) is 6.92 Å². The average molecular weight is 319 g/mol. The molecule has 2 aromatic carbocycles. The number of rotatable bonds is 3. The van der Waals surface area contributed by atoms with Gasteiger partial charge in [-0.3, -0.25) is 9.36 Å². The number of hydrogen-bond acceptors (Lipinski definition) is 4. The lowest BCUT2D eigenvalue weighted by Gasteiger charge is -2.21. The number of hydrogen-bond donors (Lipinski definition) is 0. The Hall–Kier alpha value is -2.95. The number of benzene rings is 2. The lowest BCUT2D eigenvalue weighted by Crippen LogP contribution is -2.30. The van der Waals surface area contributed by atoms with E-state index in [0.717, 1.165) is 34.8 Å². The molecule has 0 radical (unpaired) electrons. The summed E-state index contributed by atoms with van der Waals surface area (Å²) in [5.41, 5.74) is 3.42. The van der Waals surface area contributed by atoms with Crippen LogP contribution in [-0.2, 0) is 19.4 Å². The van der Waals surface area contributed by atoms with Gasteiger partial charge < -0.3 is 4.74 Å². The van der Waals surface area contributed by atoms with E-state index in [9.17, 15) is 4.79 Å². The van der Waals surface area contributed by atoms with Gasteiger partial charge in [-0.15, -0.1) is 10.2 Å². The lowest BCUT2D eigenvalue weighted by molar-refractivity contribution is 0.306. The molecular formula is C19H17N3O2. The molecule has 120 valence electrons. The lowest BCUT2D eigenvalue weighted by atomic mass is 10.0. The van der Waals surface area contributed by atoms with Crippen LogP contribution >= 0.6 is 0 Å². The topological polar surface area (TPSA) is 57.0 Å². The van der Waals surface area contributed by atoms with Crippen molar-refractivity contribution in [2.24, 2.45) is 0 Å². The molecule has 0 spiro atoms. The highest BCUT2D eigenvalue weighted by Gasteiger charge is 2.20. The molecule has 0 N–H and O–H groups in total. The van der Waals surface area contributed by atoms with Crippen molar-refractivity contribution in [1.82, 2.24) is 14.8 Å². The molecule has 3 aromatic rings. The Morgan fingerprint density at radius 3 is 2.75 bits per heavy atom. The molecule has 0 saturated heterocycles. The third-order valence-corrected chi connectivity index (χ3v) is 4.24. The minimum Gasteiger partial charge on any atom is -0.489 e. The van der Waals surface area contributed by atoms with E-state index in [1.807, 2.05) is 48.5 Å². The van der Waals surface area contributed by atoms with Gasteiger partial charge in [0, 0.05) is 6.42 Å². The molecule has 24 heavy (non-hydrogen) atoms. The van der Waals surface area contributed by atoms with E-state index in [0.29, 0.717) is 18.7 Å². The Morgan fingerprint density at radius 1 is 1.08 bits per heavy atom. The van der Waals surface area contributed by atoms with Crippen LogP contribution in [0.3, 0.4) is 0 Å². The number of aromatic nitrogens is 3. The fourth-order valence-electron chi connectivity index (χ4n) is 2.97. The predicted octanol–water partition coefficient (Wildman–Crippen LogP) is 2.61. The van der Waals surface area contributed by atoms with Gasteiger partial charge in [-0.25, -0.2) is 0 Å². The molecule has 1 aliphatic heterocycles. The van der Waals surface area contributed by atoms with Crippen LogP contribution in [0.2, 0.25) is 0 Å². The van der Waals surface area contributed by atoms with Gasteiger partial charge in [0.05, 0.1) is 5.69 Å². The van der Waals surface area contributed by atoms with Crippen molar-refractivity contribution >= 4 is 0 Å². The van der Waals surface area contributed by atoms with Crippen LogP contribution in [0.5, 0.6) is 5.75 Å². The molecular weight excluding hydrogens is 302 g/mol. The Morgan fingerprint density at radius 2 is 1.92 bits per heavy atom. The Balaban J connectivity index is 1.65. The van der Waals surface area contributed by atoms with Gasteiger partial charge in [0.1, 0.15) is 23.9 Å². The molecule has 0 unspecified atom stereocenters. The van der Waals surface area contributed by atoms with Crippen molar-refractivity contribution in [3.05, 3.63) is 81.5 Å². The Bertz CT molecular complexity index is 949. The van der Waals surface area contributed by atoms with Gasteiger partial charge in [0.25, 0.3) is 5.56 Å². The van der Waals surface area contributed by atoms with Gasteiger partial charge >= 0.3 is 0 Å². The third-order valence-electron chi connectivity index (χ3n) is 4.24. The Kier molecular flexibility index (Phi) is 3.61. The molecule has 0 bridgehead atoms. The van der Waals surface area contributed by atoms with E-state index in [4.69, 9.17) is 4.74 Å². The normalized spacial score (nSPS) is 12.4. The summed E-state index contributed by atoms with van der Waals surface area (Å²) in [6, 6.07) is 15.9. The molecule has 4 rings (SSSR count). The molecule has 1 aliphatic rings. The van der Waals surface area contributed by atoms with Crippen LogP contribution in [0.1, 0.15) is 22.6 Å². The Labute approximate surface area is 139 Å². The molecule has 0 atom stereocenters. The summed E-state index contributed by atoms with van der Waals surface area (Å²) in [6.07, 6.45) is 1.53. The highest BCUT2D eigenvalue weighted by atomic mass is 16.5. The molecule has 2 heterocycles. The fraction of sp³-hybridized carbons (Fsp3) is 0.211. The highest BCUT2D eigenvalue weighted by Crippen LogP contribution is 2.26. The van der Waals surface area contributed by atoms with Crippen molar-refractivity contribution in [2.75, 3.05) is 0 Å². The summed E-state index contributed by atoms with van der Waals surface area (Å²) in [5, 5.41) is 8.10. The molecule has 0 aliphatic carbocycles. The van der Waals surface area contributed by atoms with Crippen LogP contribution in [0.15, 0.2) is 53.3 Å². The molecule has 5 nitrogen and oxygen atoms in total. The maximum Gasteiger partial charge on any atom is 0.279 e. The zero-order valence-electron chi connectivity index (χ0n) is 13.4. The third kappa shape index (κ3) is 2.58. The van der Waals surface area contributed by atoms with E-state index in [1.54, 1.807) is 11.5 Å². The van der Waals surface area contributed by atoms with Crippen molar-refractivity contribution in [3.63, 3.8) is 0 Å². The van der Waals surface area contributed by atoms with Gasteiger partial charge in [0.2, 0.25) is 0 Å². The minimum atomic E-state index is -0.0982. The predicted molar refractivity (Wildman–Crippen MR) is 90.5 cm³/mol. The highest BCUT2D eigenvalue weighted by molar-refractivity contribution is 5.48. The molecule has 0 fully saturated rings. The molecule has 1 aromatic heterocycles. The standard InChI is InChI=1S/C19H17N3O2/c1-13-19(23)22-17-9-8-16(24-12-14-5-3-2-4-6-14)11-15(17)7-10-18(22)21-20-13/h2-6,8-9,11H,7,10,12H2,1H3. The van der Waals surface area contributed by atoms with Gasteiger partial charge in [-0.05, 0) is 42.7 Å². The zero-order valence-corrected chi connectivity index (χ0v) is 13.4. The van der Waals surface area contributed by atoms with E-state index in [1.165, 1.54) is 0 Å². The maximum absolute atomic E-state index is 12.4. The first-order valence-electron chi connectivity index (χ1n) is 7.97. The van der Waals surface area contributed by atoms with E-state index < -0.39 is 0 Å². The average Bonchev–Trinajstić information content (AvgIpc) is 2.63. The second kappa shape index (κ2) is 5.92. The van der Waals surface area contributed by atoms with Crippen LogP contribution in [0.25, 0.3) is 5.69 Å². The summed E-state index contributed by atoms with van der Waals surface area (Å²) in [4.78, 5) is 12.4. The second-order valence-corrected chi connectivity index (χ2v) is 5.91. The molecule has 5 heteroatoms. The van der Waals surface area contributed by atoms with Crippen molar-refractivity contribution in [2.45, 2.75) is 26.4 Å². The number of ether oxygens (including phenoxy) is 1. The van der Waals surface area contributed by atoms with Crippen LogP contribution < -0.4 is 10.3 Å². The summed E-state index contributed by atoms with van der Waals surface area (Å²) in [7, 11) is 0. The summed E-state index contributed by atoms with van der Waals surface area (Å²) in [6.45, 7) is 2.22. The van der Waals surface area contributed by atoms with E-state index in [-0.39, 0.29) is 5.56 Å². The van der Waals surface area contributed by atoms with E-state index in [2.05, 4.69) is 10.2 Å². The minimum absolute atomic E-state index is 0.0982.